The lowest BCUT2D eigenvalue weighted by molar-refractivity contribution is -0.134. The molecule has 0 aliphatic carbocycles. The zero-order valence-corrected chi connectivity index (χ0v) is 16.4. The average Bonchev–Trinajstić information content (AvgIpc) is 2.79. The molecule has 3 amide bonds. The molecule has 1 N–H and O–H groups in total. The molecule has 0 spiro atoms. The molecule has 0 aromatic heterocycles. The number of imide groups is 1. The topological polar surface area (TPSA) is 69.7 Å². The van der Waals surface area contributed by atoms with Crippen LogP contribution < -0.4 is 5.32 Å². The van der Waals surface area contributed by atoms with E-state index in [2.05, 4.69) is 21.2 Å². The van der Waals surface area contributed by atoms with E-state index in [9.17, 15) is 14.4 Å². The zero-order valence-electron chi connectivity index (χ0n) is 14.0. The normalized spacial score (nSPS) is 19.7. The van der Waals surface area contributed by atoms with E-state index < -0.39 is 0 Å². The Labute approximate surface area is 161 Å². The number of hydrogen-bond acceptors (Lipinski definition) is 4. The van der Waals surface area contributed by atoms with Crippen molar-refractivity contribution in [1.29, 1.82) is 0 Å². The largest absolute Gasteiger partial charge is 0.337 e. The molecular formula is C17H21BrClN3O3. The van der Waals surface area contributed by atoms with E-state index in [0.717, 1.165) is 17.6 Å². The van der Waals surface area contributed by atoms with Crippen LogP contribution in [0, 0.1) is 0 Å². The van der Waals surface area contributed by atoms with Crippen LogP contribution in [0.2, 0.25) is 0 Å². The monoisotopic (exact) mass is 429 g/mol. The molecule has 1 unspecified atom stereocenters. The minimum absolute atomic E-state index is 0. The van der Waals surface area contributed by atoms with Gasteiger partial charge in [-0.15, -0.1) is 12.4 Å². The number of carbonyl (C=O) groups excluding carboxylic acids is 3. The van der Waals surface area contributed by atoms with Crippen molar-refractivity contribution in [3.8, 4) is 0 Å². The molecule has 8 heteroatoms. The van der Waals surface area contributed by atoms with E-state index in [1.54, 1.807) is 18.2 Å². The average molecular weight is 431 g/mol. The highest BCUT2D eigenvalue weighted by Crippen LogP contribution is 2.26. The smallest absolute Gasteiger partial charge is 0.261 e. The maximum Gasteiger partial charge on any atom is 0.261 e. The van der Waals surface area contributed by atoms with Gasteiger partial charge in [0.2, 0.25) is 5.91 Å². The minimum atomic E-state index is -0.278. The first-order chi connectivity index (χ1) is 11.5. The molecular weight excluding hydrogens is 410 g/mol. The Kier molecular flexibility index (Phi) is 6.59. The Balaban J connectivity index is 0.00000225. The second kappa shape index (κ2) is 8.29. The number of nitrogens with one attached hydrogen (secondary N) is 1. The Morgan fingerprint density at radius 3 is 2.72 bits per heavy atom. The summed E-state index contributed by atoms with van der Waals surface area (Å²) >= 11 is 3.32. The van der Waals surface area contributed by atoms with Crippen molar-refractivity contribution in [3.63, 3.8) is 0 Å². The lowest BCUT2D eigenvalue weighted by Crippen LogP contribution is -2.52. The number of piperazine rings is 1. The minimum Gasteiger partial charge on any atom is -0.337 e. The molecule has 1 aromatic rings. The maximum atomic E-state index is 12.4. The summed E-state index contributed by atoms with van der Waals surface area (Å²) in [5.74, 6) is -0.465. The molecule has 6 nitrogen and oxygen atoms in total. The van der Waals surface area contributed by atoms with Gasteiger partial charge in [0, 0.05) is 43.1 Å². The van der Waals surface area contributed by atoms with E-state index in [1.807, 2.05) is 11.8 Å². The molecule has 1 atom stereocenters. The number of carbonyl (C=O) groups is 3. The lowest BCUT2D eigenvalue weighted by Gasteiger charge is -2.34. The second-order valence-corrected chi connectivity index (χ2v) is 7.11. The summed E-state index contributed by atoms with van der Waals surface area (Å²) in [4.78, 5) is 40.1. The number of benzene rings is 1. The zero-order chi connectivity index (χ0) is 17.3. The number of halogens is 2. The van der Waals surface area contributed by atoms with Crippen molar-refractivity contribution in [3.05, 3.63) is 33.8 Å². The van der Waals surface area contributed by atoms with Gasteiger partial charge in [0.05, 0.1) is 11.1 Å². The third-order valence-electron chi connectivity index (χ3n) is 4.53. The first-order valence-electron chi connectivity index (χ1n) is 8.15. The summed E-state index contributed by atoms with van der Waals surface area (Å²) in [6, 6.07) is 5.27. The Bertz CT molecular complexity index is 698. The van der Waals surface area contributed by atoms with Crippen molar-refractivity contribution in [1.82, 2.24) is 15.1 Å². The van der Waals surface area contributed by atoms with Gasteiger partial charge in [0.25, 0.3) is 11.8 Å². The molecule has 1 saturated heterocycles. The van der Waals surface area contributed by atoms with Gasteiger partial charge in [0.15, 0.2) is 0 Å². The number of hydrogen-bond donors (Lipinski definition) is 1. The van der Waals surface area contributed by atoms with Gasteiger partial charge < -0.3 is 10.2 Å². The van der Waals surface area contributed by atoms with Crippen molar-refractivity contribution >= 4 is 46.1 Å². The van der Waals surface area contributed by atoms with Crippen LogP contribution in [0.5, 0.6) is 0 Å². The highest BCUT2D eigenvalue weighted by molar-refractivity contribution is 9.10. The van der Waals surface area contributed by atoms with Crippen LogP contribution in [0.4, 0.5) is 0 Å². The van der Waals surface area contributed by atoms with Crippen LogP contribution >= 0.6 is 28.3 Å². The summed E-state index contributed by atoms with van der Waals surface area (Å²) in [5.41, 5.74) is 0.863. The Hall–Kier alpha value is -1.44. The summed E-state index contributed by atoms with van der Waals surface area (Å²) in [6.45, 7) is 4.62. The predicted molar refractivity (Wildman–Crippen MR) is 100 cm³/mol. The molecule has 2 aliphatic heterocycles. The second-order valence-electron chi connectivity index (χ2n) is 6.20. The molecule has 3 rings (SSSR count). The van der Waals surface area contributed by atoms with E-state index in [4.69, 9.17) is 0 Å². The SMILES string of the molecule is CC1CNCCN1C(=O)CCCN1C(=O)c2ccc(Br)cc2C1=O.Cl. The highest BCUT2D eigenvalue weighted by atomic mass is 79.9. The Morgan fingerprint density at radius 2 is 2.00 bits per heavy atom. The fourth-order valence-corrected chi connectivity index (χ4v) is 3.57. The molecule has 2 aliphatic rings. The van der Waals surface area contributed by atoms with Crippen LogP contribution in [0.15, 0.2) is 22.7 Å². The van der Waals surface area contributed by atoms with E-state index in [1.165, 1.54) is 4.90 Å². The van der Waals surface area contributed by atoms with Gasteiger partial charge in [-0.05, 0) is 31.5 Å². The van der Waals surface area contributed by atoms with Crippen LogP contribution in [-0.2, 0) is 4.79 Å². The number of rotatable bonds is 4. The Morgan fingerprint density at radius 1 is 1.28 bits per heavy atom. The molecule has 2 heterocycles. The number of amides is 3. The van der Waals surface area contributed by atoms with Crippen LogP contribution in [0.25, 0.3) is 0 Å². The summed E-state index contributed by atoms with van der Waals surface area (Å²) in [7, 11) is 0. The van der Waals surface area contributed by atoms with Gasteiger partial charge in [-0.25, -0.2) is 0 Å². The standard InChI is InChI=1S/C17H20BrN3O3.ClH/c1-11-10-19-6-8-20(11)15(22)3-2-7-21-16(23)13-5-4-12(18)9-14(13)17(21)24;/h4-5,9,11,19H,2-3,6-8,10H2,1H3;1H. The number of nitrogens with zero attached hydrogens (tertiary/aromatic N) is 2. The lowest BCUT2D eigenvalue weighted by atomic mass is 10.1. The predicted octanol–water partition coefficient (Wildman–Crippen LogP) is 2.07. The molecule has 0 saturated carbocycles. The summed E-state index contributed by atoms with van der Waals surface area (Å²) < 4.78 is 0.770. The fourth-order valence-electron chi connectivity index (χ4n) is 3.21. The van der Waals surface area contributed by atoms with Gasteiger partial charge in [0.1, 0.15) is 0 Å². The van der Waals surface area contributed by atoms with Crippen molar-refractivity contribution in [2.45, 2.75) is 25.8 Å². The first-order valence-corrected chi connectivity index (χ1v) is 8.94. The number of fused-ring (bicyclic) bond motifs is 1. The molecule has 0 bridgehead atoms. The van der Waals surface area contributed by atoms with Gasteiger partial charge >= 0.3 is 0 Å². The van der Waals surface area contributed by atoms with Crippen molar-refractivity contribution in [2.75, 3.05) is 26.2 Å². The molecule has 25 heavy (non-hydrogen) atoms. The third kappa shape index (κ3) is 4.04. The van der Waals surface area contributed by atoms with Crippen LogP contribution in [0.1, 0.15) is 40.5 Å². The van der Waals surface area contributed by atoms with Gasteiger partial charge in [-0.1, -0.05) is 15.9 Å². The third-order valence-corrected chi connectivity index (χ3v) is 5.02. The molecule has 1 fully saturated rings. The van der Waals surface area contributed by atoms with Crippen molar-refractivity contribution in [2.24, 2.45) is 0 Å². The quantitative estimate of drug-likeness (QED) is 0.743. The van der Waals surface area contributed by atoms with E-state index >= 15 is 0 Å². The molecule has 1 aromatic carbocycles. The van der Waals surface area contributed by atoms with E-state index in [-0.39, 0.29) is 42.7 Å². The van der Waals surface area contributed by atoms with Crippen LogP contribution in [-0.4, -0.2) is 59.7 Å². The van der Waals surface area contributed by atoms with Gasteiger partial charge in [-0.2, -0.15) is 0 Å². The highest BCUT2D eigenvalue weighted by Gasteiger charge is 2.35. The fraction of sp³-hybridized carbons (Fsp3) is 0.471. The van der Waals surface area contributed by atoms with Crippen molar-refractivity contribution < 1.29 is 14.4 Å². The maximum absolute atomic E-state index is 12.4. The van der Waals surface area contributed by atoms with Gasteiger partial charge in [-0.3, -0.25) is 19.3 Å². The molecule has 0 radical (unpaired) electrons. The first kappa shape index (κ1) is 19.9. The van der Waals surface area contributed by atoms with E-state index in [0.29, 0.717) is 30.5 Å². The molecule has 136 valence electrons. The summed E-state index contributed by atoms with van der Waals surface area (Å²) in [5, 5.41) is 3.25. The van der Waals surface area contributed by atoms with Crippen LogP contribution in [0.3, 0.4) is 0 Å². The summed E-state index contributed by atoms with van der Waals surface area (Å²) in [6.07, 6.45) is 0.837.